The van der Waals surface area contributed by atoms with E-state index in [0.29, 0.717) is 4.35 Å². The summed E-state index contributed by atoms with van der Waals surface area (Å²) in [5, 5.41) is 17.6. The van der Waals surface area contributed by atoms with Gasteiger partial charge in [0.1, 0.15) is 0 Å². The van der Waals surface area contributed by atoms with Crippen LogP contribution in [0.1, 0.15) is 10.4 Å². The number of carbonyl (C=O) groups is 1. The van der Waals surface area contributed by atoms with Crippen LogP contribution in [0.25, 0.3) is 0 Å². The molecule has 0 aliphatic heterocycles. The van der Waals surface area contributed by atoms with Gasteiger partial charge >= 0.3 is 71.7 Å². The molecule has 0 aromatic heterocycles. The molecule has 0 fully saturated rings. The molecule has 11 heavy (non-hydrogen) atoms. The van der Waals surface area contributed by atoms with Gasteiger partial charge in [0.05, 0.1) is 0 Å². The second-order valence-electron chi connectivity index (χ2n) is 2.08. The van der Waals surface area contributed by atoms with Crippen LogP contribution in [-0.4, -0.2) is 33.0 Å². The third-order valence-electron chi connectivity index (χ3n) is 1.27. The molecule has 1 unspecified atom stereocenters. The van der Waals surface area contributed by atoms with Gasteiger partial charge in [0, 0.05) is 0 Å². The number of hydrogen-bond acceptors (Lipinski definition) is 2. The van der Waals surface area contributed by atoms with Crippen molar-refractivity contribution in [1.29, 1.82) is 0 Å². The van der Waals surface area contributed by atoms with Gasteiger partial charge in [-0.25, -0.2) is 0 Å². The molecule has 1 rings (SSSR count). The fourth-order valence-electron chi connectivity index (χ4n) is 0.688. The molecule has 0 heterocycles. The zero-order valence-electron chi connectivity index (χ0n) is 5.61. The number of phenols is 1. The van der Waals surface area contributed by atoms with Gasteiger partial charge in [-0.15, -0.1) is 0 Å². The number of carboxylic acid groups (broad SMARTS) is 1. The summed E-state index contributed by atoms with van der Waals surface area (Å²) in [4.78, 5) is 10.4. The van der Waals surface area contributed by atoms with E-state index in [1.807, 2.05) is 0 Å². The monoisotopic (exact) mass is 214 g/mol. The molecule has 0 spiro atoms. The summed E-state index contributed by atoms with van der Waals surface area (Å²) in [5.41, 5.74) is 0.210. The number of hydrogen-bond donors (Lipinski definition) is 2. The van der Waals surface area contributed by atoms with Gasteiger partial charge in [0.25, 0.3) is 0 Å². The molecule has 0 radical (unpaired) electrons. The molecule has 0 aliphatic rings. The van der Waals surface area contributed by atoms with E-state index >= 15 is 0 Å². The van der Waals surface area contributed by atoms with Crippen LogP contribution < -0.4 is 4.35 Å². The van der Waals surface area contributed by atoms with Crippen molar-refractivity contribution in [3.05, 3.63) is 23.8 Å². The van der Waals surface area contributed by atoms with Crippen LogP contribution in [0.5, 0.6) is 5.75 Å². The second-order valence-corrected chi connectivity index (χ2v) is 3.38. The molecule has 0 amide bonds. The Morgan fingerprint density at radius 1 is 1.45 bits per heavy atom. The van der Waals surface area contributed by atoms with Gasteiger partial charge in [-0.2, -0.15) is 0 Å². The van der Waals surface area contributed by atoms with E-state index in [1.165, 1.54) is 35.1 Å². The van der Waals surface area contributed by atoms with Crippen LogP contribution in [0.15, 0.2) is 18.2 Å². The van der Waals surface area contributed by atoms with Crippen LogP contribution in [0.4, 0.5) is 0 Å². The Morgan fingerprint density at radius 2 is 2.09 bits per heavy atom. The fourth-order valence-corrected chi connectivity index (χ4v) is 1.27. The zero-order valence-corrected chi connectivity index (χ0v) is 8.03. The van der Waals surface area contributed by atoms with Gasteiger partial charge in [0.2, 0.25) is 0 Å². The van der Waals surface area contributed by atoms with Crippen molar-refractivity contribution in [2.24, 2.45) is 0 Å². The predicted octanol–water partition coefficient (Wildman–Crippen LogP) is -0.651. The second kappa shape index (κ2) is 2.97. The molecule has 0 saturated carbocycles. The predicted molar refractivity (Wildman–Crippen MR) is 43.2 cm³/mol. The molecule has 1 atom stereocenters. The van der Waals surface area contributed by atoms with Crippen molar-refractivity contribution in [1.82, 2.24) is 0 Å². The SMILES string of the molecule is O=C(O)c1ccc(O)c([AsH2])c1. The van der Waals surface area contributed by atoms with Crippen molar-refractivity contribution < 1.29 is 15.0 Å². The molecule has 58 valence electrons. The molecule has 1 aromatic rings. The summed E-state index contributed by atoms with van der Waals surface area (Å²) in [6, 6.07) is 4.22. The Bertz CT molecular complexity index is 296. The van der Waals surface area contributed by atoms with Crippen molar-refractivity contribution in [2.45, 2.75) is 0 Å². The fraction of sp³-hybridized carbons (Fsp3) is 0. The number of benzene rings is 1. The maximum absolute atomic E-state index is 10.4. The van der Waals surface area contributed by atoms with Crippen molar-refractivity contribution in [3.8, 4) is 5.75 Å². The summed E-state index contributed by atoms with van der Waals surface area (Å²) in [6.07, 6.45) is 0. The Labute approximate surface area is 72.2 Å². The first kappa shape index (κ1) is 8.15. The Kier molecular flexibility index (Phi) is 2.20. The number of aromatic carboxylic acids is 1. The summed E-state index contributed by atoms with van der Waals surface area (Å²) < 4.78 is 0.636. The molecule has 4 heteroatoms. The molecule has 0 saturated heterocycles. The van der Waals surface area contributed by atoms with Crippen LogP contribution >= 0.6 is 0 Å². The Hall–Kier alpha value is -0.952. The third-order valence-corrected chi connectivity index (χ3v) is 2.24. The van der Waals surface area contributed by atoms with E-state index in [1.54, 1.807) is 0 Å². The maximum atomic E-state index is 10.4. The summed E-state index contributed by atoms with van der Waals surface area (Å²) >= 11 is 1.21. The Balaban J connectivity index is 3.15. The molecule has 3 nitrogen and oxygen atoms in total. The van der Waals surface area contributed by atoms with Crippen LogP contribution in [0.3, 0.4) is 0 Å². The molecule has 0 bridgehead atoms. The zero-order chi connectivity index (χ0) is 8.43. The van der Waals surface area contributed by atoms with Gasteiger partial charge in [-0.3, -0.25) is 0 Å². The first-order chi connectivity index (χ1) is 5.11. The van der Waals surface area contributed by atoms with Crippen molar-refractivity contribution in [3.63, 3.8) is 0 Å². The quantitative estimate of drug-likeness (QED) is 0.610. The van der Waals surface area contributed by atoms with E-state index in [-0.39, 0.29) is 11.3 Å². The van der Waals surface area contributed by atoms with Crippen LogP contribution in [-0.2, 0) is 0 Å². The van der Waals surface area contributed by atoms with Crippen molar-refractivity contribution >= 4 is 27.2 Å². The molecular formula is C7H7AsO3. The minimum atomic E-state index is -0.969. The average Bonchev–Trinajstić information content (AvgIpc) is 1.94. The first-order valence-corrected chi connectivity index (χ1v) is 4.14. The summed E-state index contributed by atoms with van der Waals surface area (Å²) in [5.74, 6) is -0.820. The number of aromatic hydroxyl groups is 1. The average molecular weight is 214 g/mol. The van der Waals surface area contributed by atoms with E-state index in [9.17, 15) is 4.79 Å². The number of carboxylic acids is 1. The number of phenolic OH excluding ortho intramolecular Hbond substituents is 1. The summed E-state index contributed by atoms with van der Waals surface area (Å²) in [7, 11) is 0. The van der Waals surface area contributed by atoms with E-state index in [0.717, 1.165) is 0 Å². The first-order valence-electron chi connectivity index (χ1n) is 2.93. The normalized spacial score (nSPS) is 9.55. The number of rotatable bonds is 1. The topological polar surface area (TPSA) is 57.5 Å². The van der Waals surface area contributed by atoms with E-state index < -0.39 is 5.97 Å². The standard InChI is InChI=1S/C7H7AsO3/c8-5-3-4(7(10)11)1-2-6(5)9/h1-3,9H,8H2,(H,10,11). The Morgan fingerprint density at radius 3 is 2.55 bits per heavy atom. The van der Waals surface area contributed by atoms with Crippen LogP contribution in [0.2, 0.25) is 0 Å². The molecule has 0 aliphatic carbocycles. The minimum absolute atomic E-state index is 0.148. The van der Waals surface area contributed by atoms with Gasteiger partial charge in [-0.1, -0.05) is 0 Å². The van der Waals surface area contributed by atoms with E-state index in [4.69, 9.17) is 10.2 Å². The molecular weight excluding hydrogens is 207 g/mol. The molecule has 2 N–H and O–H groups in total. The van der Waals surface area contributed by atoms with Gasteiger partial charge < -0.3 is 0 Å². The van der Waals surface area contributed by atoms with Crippen LogP contribution in [0, 0.1) is 0 Å². The summed E-state index contributed by atoms with van der Waals surface area (Å²) in [6.45, 7) is 0. The third kappa shape index (κ3) is 1.75. The van der Waals surface area contributed by atoms with Gasteiger partial charge in [0.15, 0.2) is 0 Å². The van der Waals surface area contributed by atoms with E-state index in [2.05, 4.69) is 0 Å². The van der Waals surface area contributed by atoms with Crippen molar-refractivity contribution in [2.75, 3.05) is 0 Å². The molecule has 1 aromatic carbocycles. The van der Waals surface area contributed by atoms with Gasteiger partial charge in [-0.05, 0) is 0 Å².